The second-order valence-corrected chi connectivity index (χ2v) is 3.08. The van der Waals surface area contributed by atoms with Crippen LogP contribution in [-0.4, -0.2) is 418 Å². The zero-order valence-corrected chi connectivity index (χ0v) is 36.3. The molecule has 0 atom stereocenters. The number of phosphoric acid groups is 2. The minimum Gasteiger partial charge on any atom is -1.00 e. The molecule has 10 N–H and O–H groups in total. The van der Waals surface area contributed by atoms with Gasteiger partial charge in [0.25, 0.3) is 0 Å². The first-order valence-corrected chi connectivity index (χ1v) is 4.70. The summed E-state index contributed by atoms with van der Waals surface area (Å²) >= 11 is 0. The normalized spacial score (nSPS) is 5.36. The van der Waals surface area contributed by atoms with Crippen LogP contribution in [0.4, 0.5) is 0 Å². The van der Waals surface area contributed by atoms with Crippen molar-refractivity contribution in [2.75, 3.05) is 0 Å². The van der Waals surface area contributed by atoms with Crippen molar-refractivity contribution in [3.8, 4) is 0 Å². The van der Waals surface area contributed by atoms with Gasteiger partial charge in [0.1, 0.15) is 0 Å². The van der Waals surface area contributed by atoms with Crippen LogP contribution in [0.3, 0.4) is 0 Å². The molecule has 0 unspecified atom stereocenters. The van der Waals surface area contributed by atoms with Gasteiger partial charge in [-0.25, -0.2) is 9.13 Å². The van der Waals surface area contributed by atoms with Gasteiger partial charge in [-0.2, -0.15) is 0 Å². The summed E-state index contributed by atoms with van der Waals surface area (Å²) in [6.45, 7) is 0. The van der Waals surface area contributed by atoms with Crippen LogP contribution in [0, 0.1) is 0 Å². The van der Waals surface area contributed by atoms with Crippen molar-refractivity contribution in [1.29, 1.82) is 0 Å². The summed E-state index contributed by atoms with van der Waals surface area (Å²) in [5, 5.41) is 0. The summed E-state index contributed by atoms with van der Waals surface area (Å²) in [6.07, 6.45) is 0. The van der Waals surface area contributed by atoms with E-state index in [9.17, 15) is 0 Å². The fourth-order valence-electron chi connectivity index (χ4n) is 0. The summed E-state index contributed by atoms with van der Waals surface area (Å²) in [7, 11) is -9.28. The Morgan fingerprint density at radius 1 is 0.409 bits per heavy atom. The first kappa shape index (κ1) is 91.9. The molecule has 22 heteroatoms. The first-order chi connectivity index (χ1) is 4.00. The molecule has 0 fully saturated rings. The average molecular weight is 653 g/mol. The van der Waals surface area contributed by atoms with E-state index in [1.165, 1.54) is 0 Å². The molecule has 0 aromatic carbocycles. The molecular formula is H30Ca10O10P2. The van der Waals surface area contributed by atoms with E-state index < -0.39 is 15.6 Å². The molecule has 0 aliphatic rings. The minimum absolute atomic E-state index is 0. The Labute approximate surface area is 457 Å². The molecule has 10 nitrogen and oxygen atoms in total. The van der Waals surface area contributed by atoms with E-state index in [2.05, 4.69) is 0 Å². The minimum atomic E-state index is -4.64. The molecular weight excluding hydrogens is 623 g/mol. The molecule has 0 aliphatic heterocycles. The Kier molecular flexibility index (Phi) is 247. The topological polar surface area (TPSA) is 219 Å². The van der Waals surface area contributed by atoms with E-state index in [0.29, 0.717) is 0 Å². The fourth-order valence-corrected chi connectivity index (χ4v) is 0. The first-order valence-electron chi connectivity index (χ1n) is 1.57. The van der Waals surface area contributed by atoms with Gasteiger partial charge in [-0.3, -0.25) is 0 Å². The van der Waals surface area contributed by atoms with Gasteiger partial charge in [0.15, 0.2) is 0 Å². The Bertz CT molecular complexity index is 184. The molecule has 0 bridgehead atoms. The molecule has 0 aromatic heterocycles. The summed E-state index contributed by atoms with van der Waals surface area (Å²) in [6, 6.07) is 0. The van der Waals surface area contributed by atoms with Crippen LogP contribution in [0.25, 0.3) is 0 Å². The van der Waals surface area contributed by atoms with Gasteiger partial charge in [0, 0.05) is 0 Å². The van der Waals surface area contributed by atoms with Gasteiger partial charge >= 0.3 is 393 Å². The largest absolute Gasteiger partial charge is 2.00 e. The molecule has 0 saturated carbocycles. The van der Waals surface area contributed by atoms with Gasteiger partial charge in [-0.15, -0.1) is 0 Å². The quantitative estimate of drug-likeness (QED) is 0.110. The summed E-state index contributed by atoms with van der Waals surface area (Å²) in [4.78, 5) is 43.1. The summed E-state index contributed by atoms with van der Waals surface area (Å²) < 4.78 is 17.8. The third-order valence-electron chi connectivity index (χ3n) is 0. The van der Waals surface area contributed by atoms with Crippen LogP contribution in [0.1, 0.15) is 28.5 Å². The number of rotatable bonds is 0. The van der Waals surface area contributed by atoms with Crippen molar-refractivity contribution in [1.82, 2.24) is 0 Å². The fraction of sp³-hybridized carbons (Fsp3) is 0. The second kappa shape index (κ2) is 59.1. The van der Waals surface area contributed by atoms with Crippen molar-refractivity contribution in [2.45, 2.75) is 0 Å². The molecule has 0 aromatic rings. The second-order valence-electron chi connectivity index (χ2n) is 1.03. The van der Waals surface area contributed by atoms with Crippen molar-refractivity contribution < 1.29 is 78.0 Å². The molecule has 0 aliphatic carbocycles. The maximum Gasteiger partial charge on any atom is 2.00 e. The van der Waals surface area contributed by atoms with Gasteiger partial charge < -0.3 is 68.8 Å². The maximum absolute atomic E-state index is 8.88. The Morgan fingerprint density at radius 2 is 0.409 bits per heavy atom. The number of hydrogen-bond donors (Lipinski definition) is 6. The molecule has 0 heterocycles. The molecule has 0 spiro atoms. The van der Waals surface area contributed by atoms with Crippen LogP contribution in [0.5, 0.6) is 0 Å². The van der Waals surface area contributed by atoms with Gasteiger partial charge in [-0.05, 0) is 0 Å². The smallest absolute Gasteiger partial charge is 1.00 e. The van der Waals surface area contributed by atoms with E-state index in [-0.39, 0.29) is 417 Å². The maximum atomic E-state index is 8.88. The van der Waals surface area contributed by atoms with Crippen LogP contribution >= 0.6 is 15.6 Å². The van der Waals surface area contributed by atoms with Gasteiger partial charge in [0.2, 0.25) is 0 Å². The van der Waals surface area contributed by atoms with Crippen LogP contribution in [-0.2, 0) is 9.13 Å². The Morgan fingerprint density at radius 3 is 0.409 bits per heavy atom. The summed E-state index contributed by atoms with van der Waals surface area (Å²) in [5.41, 5.74) is 0. The van der Waals surface area contributed by atoms with Gasteiger partial charge in [0.05, 0.1) is 0 Å². The van der Waals surface area contributed by atoms with E-state index in [4.69, 9.17) is 38.5 Å². The van der Waals surface area contributed by atoms with Crippen LogP contribution in [0.2, 0.25) is 0 Å². The monoisotopic (exact) mass is 652 g/mol. The molecule has 0 rings (SSSR count). The third-order valence-corrected chi connectivity index (χ3v) is 0. The molecule has 0 radical (unpaired) electrons. The van der Waals surface area contributed by atoms with E-state index >= 15 is 0 Å². The molecule has 120 valence electrons. The van der Waals surface area contributed by atoms with Crippen LogP contribution in [0.15, 0.2) is 0 Å². The predicted molar refractivity (Wildman–Crippen MR) is 116 cm³/mol. The van der Waals surface area contributed by atoms with Crippen molar-refractivity contribution in [3.63, 3.8) is 0 Å². The van der Waals surface area contributed by atoms with Crippen molar-refractivity contribution >= 4 is 393 Å². The van der Waals surface area contributed by atoms with Crippen molar-refractivity contribution in [3.05, 3.63) is 0 Å². The molecule has 0 amide bonds. The molecule has 0 saturated heterocycles. The SMILES string of the molecule is O.O.O=P(O)(O)O.O=P(O)(O)O.[Ca+2].[Ca+2].[Ca+2].[Ca+2].[Ca+2].[Ca+2].[Ca+2].[Ca+2].[Ca+2].[Ca+2].[H-].[H-].[H-].[H-].[H-].[H-].[H-].[H-].[H-].[H-].[H-].[H-].[H-].[H-].[H-].[H-].[H-].[H-].[H-].[H-]. The third kappa shape index (κ3) is 203. The molecule has 22 heavy (non-hydrogen) atoms. The standard InChI is InChI=1S/10Ca.2H3O4P.2H2O.20H/c;;;;;;;;;;2*1-5(2,3)4;;;;;;;;;;;;;;;;;;;;;;/h;;;;;;;;;;2*(H3,1,2,3,4);2*1H2;;;;;;;;;;;;;;;;;;;;/q10*+2;;;;;20*-1. The van der Waals surface area contributed by atoms with E-state index in [1.807, 2.05) is 0 Å². The Balaban J connectivity index is -0.000000000541. The van der Waals surface area contributed by atoms with Gasteiger partial charge in [-0.1, -0.05) is 0 Å². The zero-order valence-electron chi connectivity index (χ0n) is 32.5. The number of hydrogen-bond acceptors (Lipinski definition) is 2. The Hall–Kier alpha value is 12.7. The van der Waals surface area contributed by atoms with E-state index in [1.54, 1.807) is 0 Å². The van der Waals surface area contributed by atoms with E-state index in [0.717, 1.165) is 0 Å². The predicted octanol–water partition coefficient (Wildman–Crippen LogP) is -5.06. The van der Waals surface area contributed by atoms with Crippen LogP contribution < -0.4 is 0 Å². The summed E-state index contributed by atoms with van der Waals surface area (Å²) in [5.74, 6) is 0. The zero-order chi connectivity index (χ0) is 9.00. The van der Waals surface area contributed by atoms with Crippen molar-refractivity contribution in [2.24, 2.45) is 0 Å². The average Bonchev–Trinajstić information content (AvgIpc) is 1.12.